The van der Waals surface area contributed by atoms with Crippen LogP contribution in [0.3, 0.4) is 0 Å². The number of rotatable bonds is 1. The van der Waals surface area contributed by atoms with Crippen LogP contribution in [0.15, 0.2) is 0 Å². The van der Waals surface area contributed by atoms with Crippen LogP contribution in [0.1, 0.15) is 47.5 Å². The van der Waals surface area contributed by atoms with Crippen LogP contribution in [0, 0.1) is 5.92 Å². The Hall–Kier alpha value is -0.0400. The Morgan fingerprint density at radius 2 is 1.91 bits per heavy atom. The molecule has 0 aliphatic carbocycles. The van der Waals surface area contributed by atoms with E-state index in [0.29, 0.717) is 5.54 Å². The molecule has 1 rings (SSSR count). The molecule has 1 N–H and O–H groups in total. The second-order valence-corrected chi connectivity index (χ2v) is 3.74. The second kappa shape index (κ2) is 4.76. The van der Waals surface area contributed by atoms with E-state index in [9.17, 15) is 0 Å². The lowest BCUT2D eigenvalue weighted by atomic mass is 9.95. The molecular weight excluding hydrogens is 134 g/mol. The van der Waals surface area contributed by atoms with E-state index in [4.69, 9.17) is 0 Å². The molecule has 1 nitrogen and oxygen atoms in total. The number of hydrogen-bond acceptors (Lipinski definition) is 1. The van der Waals surface area contributed by atoms with Gasteiger partial charge >= 0.3 is 0 Å². The lowest BCUT2D eigenvalue weighted by Gasteiger charge is -2.16. The van der Waals surface area contributed by atoms with Gasteiger partial charge in [0.25, 0.3) is 0 Å². The average Bonchev–Trinajstić information content (AvgIpc) is 2.34. The third-order valence-corrected chi connectivity index (χ3v) is 2.25. The van der Waals surface area contributed by atoms with Gasteiger partial charge in [-0.25, -0.2) is 0 Å². The summed E-state index contributed by atoms with van der Waals surface area (Å²) in [5.41, 5.74) is 0.417. The molecule has 0 aromatic rings. The van der Waals surface area contributed by atoms with Crippen molar-refractivity contribution in [3.8, 4) is 0 Å². The lowest BCUT2D eigenvalue weighted by Crippen LogP contribution is -2.31. The maximum atomic E-state index is 3.50. The van der Waals surface area contributed by atoms with E-state index >= 15 is 0 Å². The smallest absolute Gasteiger partial charge is 0.0128 e. The van der Waals surface area contributed by atoms with Crippen molar-refractivity contribution < 1.29 is 0 Å². The maximum absolute atomic E-state index is 3.50. The fourth-order valence-corrected chi connectivity index (χ4v) is 1.58. The molecule has 1 aliphatic heterocycles. The third-order valence-electron chi connectivity index (χ3n) is 2.25. The average molecular weight is 157 g/mol. The molecular formula is C10H23N. The van der Waals surface area contributed by atoms with E-state index in [2.05, 4.69) is 26.1 Å². The van der Waals surface area contributed by atoms with Crippen LogP contribution in [-0.4, -0.2) is 12.1 Å². The highest BCUT2D eigenvalue weighted by Crippen LogP contribution is 2.24. The highest BCUT2D eigenvalue weighted by molar-refractivity contribution is 4.88. The molecule has 0 radical (unpaired) electrons. The minimum atomic E-state index is 0.417. The van der Waals surface area contributed by atoms with Gasteiger partial charge in [0.05, 0.1) is 0 Å². The van der Waals surface area contributed by atoms with Crippen LogP contribution in [0.4, 0.5) is 0 Å². The zero-order valence-corrected chi connectivity index (χ0v) is 8.70. The van der Waals surface area contributed by atoms with Crippen molar-refractivity contribution in [3.63, 3.8) is 0 Å². The molecule has 0 bridgehead atoms. The minimum absolute atomic E-state index is 0.417. The van der Waals surface area contributed by atoms with Gasteiger partial charge in [-0.05, 0) is 32.7 Å². The highest BCUT2D eigenvalue weighted by atomic mass is 15.0. The summed E-state index contributed by atoms with van der Waals surface area (Å²) in [5, 5.41) is 3.50. The monoisotopic (exact) mass is 157 g/mol. The van der Waals surface area contributed by atoms with Crippen molar-refractivity contribution in [2.45, 2.75) is 53.0 Å². The van der Waals surface area contributed by atoms with Crippen LogP contribution < -0.4 is 5.32 Å². The van der Waals surface area contributed by atoms with E-state index in [1.807, 2.05) is 13.8 Å². The Bertz CT molecular complexity index is 97.0. The first-order valence-electron chi connectivity index (χ1n) is 4.89. The van der Waals surface area contributed by atoms with Gasteiger partial charge in [0.15, 0.2) is 0 Å². The van der Waals surface area contributed by atoms with Crippen LogP contribution in [0.5, 0.6) is 0 Å². The summed E-state index contributed by atoms with van der Waals surface area (Å²) in [6, 6.07) is 0. The van der Waals surface area contributed by atoms with Gasteiger partial charge in [-0.2, -0.15) is 0 Å². The number of nitrogens with one attached hydrogen (secondary N) is 1. The lowest BCUT2D eigenvalue weighted by molar-refractivity contribution is 0.438. The van der Waals surface area contributed by atoms with Crippen molar-refractivity contribution in [3.05, 3.63) is 0 Å². The van der Waals surface area contributed by atoms with Crippen LogP contribution >= 0.6 is 0 Å². The first-order chi connectivity index (χ1) is 5.14. The van der Waals surface area contributed by atoms with Gasteiger partial charge in [0.2, 0.25) is 0 Å². The summed E-state index contributed by atoms with van der Waals surface area (Å²) >= 11 is 0. The van der Waals surface area contributed by atoms with E-state index in [0.717, 1.165) is 5.92 Å². The molecule has 0 saturated carbocycles. The van der Waals surface area contributed by atoms with Crippen molar-refractivity contribution in [2.24, 2.45) is 5.92 Å². The first kappa shape index (κ1) is 11.0. The van der Waals surface area contributed by atoms with Crippen LogP contribution in [-0.2, 0) is 0 Å². The summed E-state index contributed by atoms with van der Waals surface area (Å²) in [5.74, 6) is 0.931. The second-order valence-electron chi connectivity index (χ2n) is 3.74. The summed E-state index contributed by atoms with van der Waals surface area (Å²) in [7, 11) is 0. The molecule has 1 aliphatic rings. The molecule has 0 amide bonds. The van der Waals surface area contributed by atoms with Gasteiger partial charge < -0.3 is 5.32 Å². The molecule has 1 atom stereocenters. The van der Waals surface area contributed by atoms with Gasteiger partial charge in [-0.15, -0.1) is 0 Å². The molecule has 0 aromatic heterocycles. The predicted octanol–water partition coefficient (Wildman–Crippen LogP) is 2.81. The Morgan fingerprint density at radius 3 is 2.09 bits per heavy atom. The minimum Gasteiger partial charge on any atom is -0.312 e. The summed E-state index contributed by atoms with van der Waals surface area (Å²) < 4.78 is 0. The normalized spacial score (nSPS) is 27.5. The fraction of sp³-hybridized carbons (Fsp3) is 1.00. The molecule has 0 aromatic carbocycles. The number of hydrogen-bond donors (Lipinski definition) is 1. The molecule has 68 valence electrons. The topological polar surface area (TPSA) is 12.0 Å². The van der Waals surface area contributed by atoms with E-state index in [-0.39, 0.29) is 0 Å². The van der Waals surface area contributed by atoms with Crippen molar-refractivity contribution >= 4 is 0 Å². The molecule has 1 heteroatoms. The Kier molecular flexibility index (Phi) is 4.74. The molecule has 1 heterocycles. The maximum Gasteiger partial charge on any atom is 0.0128 e. The Morgan fingerprint density at radius 1 is 1.36 bits per heavy atom. The Balaban J connectivity index is 0.000000461. The van der Waals surface area contributed by atoms with Gasteiger partial charge in [-0.1, -0.05) is 27.2 Å². The zero-order chi connectivity index (χ0) is 8.91. The van der Waals surface area contributed by atoms with E-state index in [1.165, 1.54) is 19.4 Å². The summed E-state index contributed by atoms with van der Waals surface area (Å²) in [6.07, 6.45) is 2.68. The first-order valence-corrected chi connectivity index (χ1v) is 4.89. The molecule has 11 heavy (non-hydrogen) atoms. The quantitative estimate of drug-likeness (QED) is 0.617. The predicted molar refractivity (Wildman–Crippen MR) is 51.8 cm³/mol. The van der Waals surface area contributed by atoms with E-state index < -0.39 is 0 Å². The highest BCUT2D eigenvalue weighted by Gasteiger charge is 2.28. The summed E-state index contributed by atoms with van der Waals surface area (Å²) in [4.78, 5) is 0. The van der Waals surface area contributed by atoms with Gasteiger partial charge in [0, 0.05) is 5.54 Å². The molecule has 1 unspecified atom stereocenters. The van der Waals surface area contributed by atoms with Crippen LogP contribution in [0.25, 0.3) is 0 Å². The van der Waals surface area contributed by atoms with Crippen LogP contribution in [0.2, 0.25) is 0 Å². The standard InChI is InChI=1S/C8H17N.C2H6/c1-4-7-5-8(2,3)9-6-7;1-2/h7,9H,4-6H2,1-3H3;1-2H3. The molecule has 0 spiro atoms. The third kappa shape index (κ3) is 3.76. The summed E-state index contributed by atoms with van der Waals surface area (Å²) in [6.45, 7) is 12.1. The Labute approximate surface area is 71.6 Å². The van der Waals surface area contributed by atoms with Crippen molar-refractivity contribution in [2.75, 3.05) is 6.54 Å². The van der Waals surface area contributed by atoms with Crippen molar-refractivity contribution in [1.29, 1.82) is 0 Å². The van der Waals surface area contributed by atoms with Crippen molar-refractivity contribution in [1.82, 2.24) is 5.32 Å². The molecule has 1 fully saturated rings. The SMILES string of the molecule is CC.CCC1CNC(C)(C)C1. The largest absolute Gasteiger partial charge is 0.312 e. The van der Waals surface area contributed by atoms with Gasteiger partial charge in [0.1, 0.15) is 0 Å². The molecule has 1 saturated heterocycles. The zero-order valence-electron chi connectivity index (χ0n) is 8.70. The van der Waals surface area contributed by atoms with E-state index in [1.54, 1.807) is 0 Å². The van der Waals surface area contributed by atoms with Gasteiger partial charge in [-0.3, -0.25) is 0 Å². The fourth-order valence-electron chi connectivity index (χ4n) is 1.58.